The number of anilines is 1. The Bertz CT molecular complexity index is 2080. The SMILES string of the molecule is O=c1[nH]c(N[C@H]2c3c(cc4ccc5cccc6ccc3c4c56)[C@H](O)[C@@H](O)[C@H]2O)nc2c1ncn2[C@@H]1O[C@H](CO)[C@@H](O)[C@H]1O. The first-order valence-electron chi connectivity index (χ1n) is 13.9. The molecule has 2 aromatic heterocycles. The minimum absolute atomic E-state index is 0.0163. The van der Waals surface area contributed by atoms with Gasteiger partial charge in [-0.1, -0.05) is 42.5 Å². The van der Waals surface area contributed by atoms with Crippen LogP contribution >= 0.6 is 0 Å². The predicted octanol–water partition coefficient (Wildman–Crippen LogP) is 0.550. The Morgan fingerprint density at radius 1 is 0.907 bits per heavy atom. The van der Waals surface area contributed by atoms with Gasteiger partial charge < -0.3 is 40.7 Å². The van der Waals surface area contributed by atoms with E-state index in [9.17, 15) is 35.4 Å². The van der Waals surface area contributed by atoms with E-state index in [4.69, 9.17) is 4.74 Å². The maximum Gasteiger partial charge on any atom is 0.280 e. The van der Waals surface area contributed by atoms with Crippen LogP contribution in [0.4, 0.5) is 5.95 Å². The second-order valence-electron chi connectivity index (χ2n) is 11.3. The molecule has 6 aromatic rings. The van der Waals surface area contributed by atoms with Crippen LogP contribution in [0.1, 0.15) is 29.5 Å². The van der Waals surface area contributed by atoms with Gasteiger partial charge in [-0.15, -0.1) is 0 Å². The van der Waals surface area contributed by atoms with Gasteiger partial charge in [0.15, 0.2) is 17.4 Å². The van der Waals surface area contributed by atoms with Crippen molar-refractivity contribution in [1.29, 1.82) is 0 Å². The third-order valence-corrected chi connectivity index (χ3v) is 8.88. The molecule has 1 fully saturated rings. The molecule has 2 aliphatic rings. The van der Waals surface area contributed by atoms with E-state index in [1.807, 2.05) is 48.5 Å². The lowest BCUT2D eigenvalue weighted by atomic mass is 9.77. The molecule has 0 saturated carbocycles. The third-order valence-electron chi connectivity index (χ3n) is 8.88. The molecule has 13 nitrogen and oxygen atoms in total. The number of nitrogens with zero attached hydrogens (tertiary/aromatic N) is 3. The van der Waals surface area contributed by atoms with Crippen molar-refractivity contribution in [3.05, 3.63) is 76.3 Å². The molecular weight excluding hydrogens is 558 g/mol. The summed E-state index contributed by atoms with van der Waals surface area (Å²) in [6, 6.07) is 14.7. The van der Waals surface area contributed by atoms with Crippen molar-refractivity contribution < 1.29 is 35.4 Å². The smallest absolute Gasteiger partial charge is 0.280 e. The largest absolute Gasteiger partial charge is 0.394 e. The molecule has 220 valence electrons. The van der Waals surface area contributed by atoms with Gasteiger partial charge in [-0.3, -0.25) is 14.3 Å². The number of aliphatic hydroxyl groups excluding tert-OH is 6. The van der Waals surface area contributed by atoms with Crippen LogP contribution in [0.3, 0.4) is 0 Å². The molecule has 4 aromatic carbocycles. The molecule has 0 spiro atoms. The monoisotopic (exact) mass is 585 g/mol. The number of aliphatic hydroxyl groups is 6. The summed E-state index contributed by atoms with van der Waals surface area (Å²) >= 11 is 0. The Kier molecular flexibility index (Phi) is 5.77. The van der Waals surface area contributed by atoms with E-state index in [-0.39, 0.29) is 17.1 Å². The van der Waals surface area contributed by atoms with Gasteiger partial charge >= 0.3 is 0 Å². The van der Waals surface area contributed by atoms with Crippen LogP contribution in [-0.2, 0) is 4.74 Å². The van der Waals surface area contributed by atoms with Gasteiger partial charge in [0.25, 0.3) is 5.56 Å². The van der Waals surface area contributed by atoms with Crippen LogP contribution in [0.5, 0.6) is 0 Å². The Balaban J connectivity index is 1.29. The number of hydrogen-bond acceptors (Lipinski definition) is 11. The molecule has 0 amide bonds. The van der Waals surface area contributed by atoms with Crippen LogP contribution in [-0.4, -0.2) is 87.3 Å². The summed E-state index contributed by atoms with van der Waals surface area (Å²) in [5.41, 5.74) is 0.311. The van der Waals surface area contributed by atoms with Gasteiger partial charge in [0, 0.05) is 0 Å². The Morgan fingerprint density at radius 3 is 2.40 bits per heavy atom. The minimum Gasteiger partial charge on any atom is -0.394 e. The van der Waals surface area contributed by atoms with Gasteiger partial charge in [0.1, 0.15) is 36.6 Å². The van der Waals surface area contributed by atoms with Crippen molar-refractivity contribution in [2.24, 2.45) is 0 Å². The van der Waals surface area contributed by atoms with Crippen molar-refractivity contribution in [2.45, 2.75) is 48.9 Å². The molecule has 8 rings (SSSR count). The molecule has 8 N–H and O–H groups in total. The van der Waals surface area contributed by atoms with Crippen molar-refractivity contribution in [3.8, 4) is 0 Å². The Labute approximate surface area is 241 Å². The molecule has 8 atom stereocenters. The fourth-order valence-electron chi connectivity index (χ4n) is 6.78. The van der Waals surface area contributed by atoms with Crippen molar-refractivity contribution in [2.75, 3.05) is 11.9 Å². The predicted molar refractivity (Wildman–Crippen MR) is 155 cm³/mol. The maximum atomic E-state index is 13.1. The van der Waals surface area contributed by atoms with E-state index in [1.165, 1.54) is 10.9 Å². The van der Waals surface area contributed by atoms with Crippen LogP contribution in [0.15, 0.2) is 59.7 Å². The highest BCUT2D eigenvalue weighted by Crippen LogP contribution is 2.46. The number of aromatic amines is 1. The number of H-pyrrole nitrogens is 1. The molecule has 1 aliphatic heterocycles. The summed E-state index contributed by atoms with van der Waals surface area (Å²) in [5, 5.41) is 72.3. The zero-order valence-corrected chi connectivity index (χ0v) is 22.4. The molecule has 43 heavy (non-hydrogen) atoms. The third kappa shape index (κ3) is 3.67. The Morgan fingerprint density at radius 2 is 1.65 bits per heavy atom. The fourth-order valence-corrected chi connectivity index (χ4v) is 6.78. The van der Waals surface area contributed by atoms with Crippen LogP contribution in [0.2, 0.25) is 0 Å². The number of fused-ring (bicyclic) bond motifs is 3. The molecule has 1 aliphatic carbocycles. The Hall–Kier alpha value is -4.21. The lowest BCUT2D eigenvalue weighted by molar-refractivity contribution is -0.0767. The van der Waals surface area contributed by atoms with Gasteiger partial charge in [-0.25, -0.2) is 4.98 Å². The number of ether oxygens (including phenoxy) is 1. The molecule has 0 bridgehead atoms. The van der Waals surface area contributed by atoms with Gasteiger partial charge in [-0.2, -0.15) is 4.98 Å². The van der Waals surface area contributed by atoms with Crippen molar-refractivity contribution in [1.82, 2.24) is 19.5 Å². The topological polar surface area (TPSA) is 206 Å². The van der Waals surface area contributed by atoms with Crippen LogP contribution in [0, 0.1) is 0 Å². The molecule has 1 saturated heterocycles. The quantitative estimate of drug-likeness (QED) is 0.134. The summed E-state index contributed by atoms with van der Waals surface area (Å²) in [7, 11) is 0. The number of hydrogen-bond donors (Lipinski definition) is 8. The number of aromatic nitrogens is 4. The standard InChI is InChI=1S/C30H27N5O8/c36-9-16-23(38)26(41)29(43-16)35-10-31-21-27(35)33-30(34-28(21)42)32-20-19-14-7-6-12-3-1-2-11-4-5-13(18(14)17(11)12)8-15(19)22(37)25(40)24(20)39/h1-8,10,16,20,22-26,29,36-41H,9H2,(H2,32,33,34,42)/t16-,20+,22+,23-,24+,25-,26-,29-/m1/s1. The summed E-state index contributed by atoms with van der Waals surface area (Å²) in [6.45, 7) is -0.530. The molecular formula is C30H27N5O8. The van der Waals surface area contributed by atoms with E-state index in [0.717, 1.165) is 32.3 Å². The summed E-state index contributed by atoms with van der Waals surface area (Å²) in [4.78, 5) is 24.3. The summed E-state index contributed by atoms with van der Waals surface area (Å²) in [5.74, 6) is -0.0738. The normalized spacial score (nSPS) is 29.3. The van der Waals surface area contributed by atoms with E-state index >= 15 is 0 Å². The first-order chi connectivity index (χ1) is 20.8. The lowest BCUT2D eigenvalue weighted by Gasteiger charge is -2.38. The highest BCUT2D eigenvalue weighted by molar-refractivity contribution is 6.24. The molecule has 13 heteroatoms. The van der Waals surface area contributed by atoms with Gasteiger partial charge in [0.2, 0.25) is 5.95 Å². The zero-order valence-electron chi connectivity index (χ0n) is 22.4. The summed E-state index contributed by atoms with van der Waals surface area (Å²) in [6.07, 6.45) is -8.19. The van der Waals surface area contributed by atoms with E-state index in [2.05, 4.69) is 20.3 Å². The second kappa shape index (κ2) is 9.39. The van der Waals surface area contributed by atoms with Crippen LogP contribution in [0.25, 0.3) is 43.5 Å². The zero-order chi connectivity index (χ0) is 29.7. The average molecular weight is 586 g/mol. The molecule has 0 unspecified atom stereocenters. The number of rotatable bonds is 4. The highest BCUT2D eigenvalue weighted by atomic mass is 16.6. The summed E-state index contributed by atoms with van der Waals surface area (Å²) < 4.78 is 6.90. The minimum atomic E-state index is -1.54. The van der Waals surface area contributed by atoms with Gasteiger partial charge in [0.05, 0.1) is 19.0 Å². The first kappa shape index (κ1) is 26.4. The van der Waals surface area contributed by atoms with E-state index < -0.39 is 61.1 Å². The molecule has 0 radical (unpaired) electrons. The van der Waals surface area contributed by atoms with Gasteiger partial charge in [-0.05, 0) is 49.5 Å². The van der Waals surface area contributed by atoms with Crippen LogP contribution < -0.4 is 10.9 Å². The maximum absolute atomic E-state index is 13.1. The lowest BCUT2D eigenvalue weighted by Crippen LogP contribution is -2.44. The first-order valence-corrected chi connectivity index (χ1v) is 13.9. The second-order valence-corrected chi connectivity index (χ2v) is 11.3. The van der Waals surface area contributed by atoms with E-state index in [0.29, 0.717) is 11.1 Å². The highest BCUT2D eigenvalue weighted by Gasteiger charge is 2.45. The molecule has 3 heterocycles. The number of benzene rings is 4. The fraction of sp³-hybridized carbons (Fsp3) is 0.300. The van der Waals surface area contributed by atoms with E-state index in [1.54, 1.807) is 0 Å². The number of imidazole rings is 1. The number of nitrogens with one attached hydrogen (secondary N) is 2. The average Bonchev–Trinajstić information content (AvgIpc) is 3.56. The van der Waals surface area contributed by atoms with Crippen molar-refractivity contribution in [3.63, 3.8) is 0 Å². The van der Waals surface area contributed by atoms with Crippen molar-refractivity contribution >= 4 is 49.4 Å².